The maximum absolute atomic E-state index is 4.37. The smallest absolute Gasteiger partial charge is 0.0724 e. The van der Waals surface area contributed by atoms with E-state index in [0.29, 0.717) is 12.1 Å². The van der Waals surface area contributed by atoms with Crippen LogP contribution in [0.2, 0.25) is 0 Å². The standard InChI is InChI=1S/C15H26N4/c1-12(8-14-6-4-3-5-7-16-14)17-10-15-11-18-13(2)9-19-15/h9,11-12,14,16-17H,3-8,10H2,1-2H3. The largest absolute Gasteiger partial charge is 0.314 e. The summed E-state index contributed by atoms with van der Waals surface area (Å²) < 4.78 is 0. The first-order valence-electron chi connectivity index (χ1n) is 7.48. The number of rotatable bonds is 5. The quantitative estimate of drug-likeness (QED) is 0.854. The normalized spacial score (nSPS) is 21.9. The van der Waals surface area contributed by atoms with E-state index in [1.54, 1.807) is 0 Å². The van der Waals surface area contributed by atoms with Gasteiger partial charge in [0.05, 0.1) is 11.4 Å². The molecule has 1 fully saturated rings. The molecule has 2 unspecified atom stereocenters. The lowest BCUT2D eigenvalue weighted by molar-refractivity contribution is 0.401. The van der Waals surface area contributed by atoms with Gasteiger partial charge in [-0.25, -0.2) is 0 Å². The van der Waals surface area contributed by atoms with Crippen LogP contribution in [0, 0.1) is 6.92 Å². The maximum Gasteiger partial charge on any atom is 0.0724 e. The van der Waals surface area contributed by atoms with Gasteiger partial charge < -0.3 is 10.6 Å². The van der Waals surface area contributed by atoms with E-state index in [1.165, 1.54) is 38.6 Å². The van der Waals surface area contributed by atoms with Crippen LogP contribution in [0.25, 0.3) is 0 Å². The highest BCUT2D eigenvalue weighted by molar-refractivity contribution is 5.00. The third-order valence-electron chi connectivity index (χ3n) is 3.77. The maximum atomic E-state index is 4.37. The molecular formula is C15H26N4. The van der Waals surface area contributed by atoms with Crippen molar-refractivity contribution in [1.29, 1.82) is 0 Å². The molecule has 1 aromatic rings. The molecule has 2 atom stereocenters. The molecule has 106 valence electrons. The first-order chi connectivity index (χ1) is 9.24. The summed E-state index contributed by atoms with van der Waals surface area (Å²) in [5.41, 5.74) is 1.99. The Kier molecular flexibility index (Phi) is 5.73. The van der Waals surface area contributed by atoms with Gasteiger partial charge in [0.15, 0.2) is 0 Å². The van der Waals surface area contributed by atoms with Crippen molar-refractivity contribution in [1.82, 2.24) is 20.6 Å². The lowest BCUT2D eigenvalue weighted by Crippen LogP contribution is -2.36. The van der Waals surface area contributed by atoms with Gasteiger partial charge in [-0.3, -0.25) is 9.97 Å². The van der Waals surface area contributed by atoms with Crippen molar-refractivity contribution in [2.24, 2.45) is 0 Å². The van der Waals surface area contributed by atoms with E-state index in [9.17, 15) is 0 Å². The summed E-state index contributed by atoms with van der Waals surface area (Å²) >= 11 is 0. The van der Waals surface area contributed by atoms with E-state index in [-0.39, 0.29) is 0 Å². The predicted molar refractivity (Wildman–Crippen MR) is 77.9 cm³/mol. The van der Waals surface area contributed by atoms with Crippen LogP contribution < -0.4 is 10.6 Å². The molecule has 19 heavy (non-hydrogen) atoms. The summed E-state index contributed by atoms with van der Waals surface area (Å²) in [6, 6.07) is 1.19. The van der Waals surface area contributed by atoms with E-state index in [2.05, 4.69) is 27.5 Å². The zero-order valence-electron chi connectivity index (χ0n) is 12.2. The van der Waals surface area contributed by atoms with Crippen LogP contribution >= 0.6 is 0 Å². The van der Waals surface area contributed by atoms with Gasteiger partial charge in [-0.05, 0) is 39.7 Å². The molecule has 0 bridgehead atoms. The van der Waals surface area contributed by atoms with Gasteiger partial charge in [0.25, 0.3) is 0 Å². The van der Waals surface area contributed by atoms with E-state index in [1.807, 2.05) is 19.3 Å². The van der Waals surface area contributed by atoms with Crippen LogP contribution in [0.5, 0.6) is 0 Å². The van der Waals surface area contributed by atoms with Gasteiger partial charge in [-0.1, -0.05) is 12.8 Å². The first-order valence-corrected chi connectivity index (χ1v) is 7.48. The molecule has 0 aliphatic carbocycles. The number of aromatic nitrogens is 2. The molecule has 0 radical (unpaired) electrons. The second kappa shape index (κ2) is 7.56. The molecule has 0 spiro atoms. The fraction of sp³-hybridized carbons (Fsp3) is 0.733. The molecule has 4 heteroatoms. The van der Waals surface area contributed by atoms with Crippen molar-refractivity contribution in [2.75, 3.05) is 6.54 Å². The minimum Gasteiger partial charge on any atom is -0.314 e. The summed E-state index contributed by atoms with van der Waals surface area (Å²) in [4.78, 5) is 8.64. The van der Waals surface area contributed by atoms with Crippen molar-refractivity contribution in [3.05, 3.63) is 23.8 Å². The van der Waals surface area contributed by atoms with Gasteiger partial charge in [0.2, 0.25) is 0 Å². The summed E-state index contributed by atoms with van der Waals surface area (Å²) in [7, 11) is 0. The topological polar surface area (TPSA) is 49.8 Å². The van der Waals surface area contributed by atoms with Crippen molar-refractivity contribution in [3.8, 4) is 0 Å². The second-order valence-corrected chi connectivity index (χ2v) is 5.67. The van der Waals surface area contributed by atoms with E-state index >= 15 is 0 Å². The van der Waals surface area contributed by atoms with Crippen LogP contribution in [-0.2, 0) is 6.54 Å². The van der Waals surface area contributed by atoms with Crippen molar-refractivity contribution >= 4 is 0 Å². The van der Waals surface area contributed by atoms with Crippen molar-refractivity contribution in [3.63, 3.8) is 0 Å². The summed E-state index contributed by atoms with van der Waals surface area (Å²) in [6.07, 6.45) is 10.3. The Bertz CT molecular complexity index is 355. The minimum absolute atomic E-state index is 0.513. The highest BCUT2D eigenvalue weighted by atomic mass is 15.0. The summed E-state index contributed by atoms with van der Waals surface area (Å²) in [5, 5.41) is 7.19. The molecule has 1 aromatic heterocycles. The number of aryl methyl sites for hydroxylation is 1. The van der Waals surface area contributed by atoms with E-state index in [4.69, 9.17) is 0 Å². The third-order valence-corrected chi connectivity index (χ3v) is 3.77. The molecule has 2 N–H and O–H groups in total. The molecule has 2 heterocycles. The molecule has 1 aliphatic rings. The predicted octanol–water partition coefficient (Wildman–Crippen LogP) is 2.19. The van der Waals surface area contributed by atoms with Crippen LogP contribution in [0.1, 0.15) is 50.4 Å². The Hall–Kier alpha value is -1.00. The van der Waals surface area contributed by atoms with E-state index in [0.717, 1.165) is 17.9 Å². The average molecular weight is 262 g/mol. The third kappa shape index (κ3) is 5.25. The van der Waals surface area contributed by atoms with Gasteiger partial charge in [0.1, 0.15) is 0 Å². The molecular weight excluding hydrogens is 236 g/mol. The number of nitrogens with one attached hydrogen (secondary N) is 2. The summed E-state index contributed by atoms with van der Waals surface area (Å²) in [5.74, 6) is 0. The zero-order valence-corrected chi connectivity index (χ0v) is 12.2. The molecule has 2 rings (SSSR count). The Morgan fingerprint density at radius 2 is 2.21 bits per heavy atom. The van der Waals surface area contributed by atoms with Gasteiger partial charge >= 0.3 is 0 Å². The molecule has 1 aliphatic heterocycles. The van der Waals surface area contributed by atoms with Gasteiger partial charge in [0, 0.05) is 31.0 Å². The lowest BCUT2D eigenvalue weighted by Gasteiger charge is -2.21. The van der Waals surface area contributed by atoms with Gasteiger partial charge in [-0.15, -0.1) is 0 Å². The number of nitrogens with zero attached hydrogens (tertiary/aromatic N) is 2. The molecule has 0 amide bonds. The van der Waals surface area contributed by atoms with Crippen molar-refractivity contribution < 1.29 is 0 Å². The second-order valence-electron chi connectivity index (χ2n) is 5.67. The SMILES string of the molecule is Cc1cnc(CNC(C)CC2CCCCCN2)cn1. The fourth-order valence-electron chi connectivity index (χ4n) is 2.60. The Labute approximate surface area is 116 Å². The van der Waals surface area contributed by atoms with Crippen LogP contribution in [0.4, 0.5) is 0 Å². The van der Waals surface area contributed by atoms with Crippen molar-refractivity contribution in [2.45, 2.75) is 64.6 Å². The average Bonchev–Trinajstić information content (AvgIpc) is 2.67. The molecule has 0 aromatic carbocycles. The fourth-order valence-corrected chi connectivity index (χ4v) is 2.60. The summed E-state index contributed by atoms with van der Waals surface area (Å²) in [6.45, 7) is 6.21. The van der Waals surface area contributed by atoms with Gasteiger partial charge in [-0.2, -0.15) is 0 Å². The van der Waals surface area contributed by atoms with E-state index < -0.39 is 0 Å². The van der Waals surface area contributed by atoms with Crippen LogP contribution in [0.3, 0.4) is 0 Å². The minimum atomic E-state index is 0.513. The first kappa shape index (κ1) is 14.4. The molecule has 1 saturated heterocycles. The van der Waals surface area contributed by atoms with Crippen LogP contribution in [-0.4, -0.2) is 28.6 Å². The zero-order chi connectivity index (χ0) is 13.5. The highest BCUT2D eigenvalue weighted by Crippen LogP contribution is 2.12. The number of hydrogen-bond acceptors (Lipinski definition) is 4. The van der Waals surface area contributed by atoms with Crippen LogP contribution in [0.15, 0.2) is 12.4 Å². The Morgan fingerprint density at radius 3 is 3.00 bits per heavy atom. The Balaban J connectivity index is 1.71. The number of hydrogen-bond donors (Lipinski definition) is 2. The highest BCUT2D eigenvalue weighted by Gasteiger charge is 2.14. The molecule has 4 nitrogen and oxygen atoms in total. The monoisotopic (exact) mass is 262 g/mol. The molecule has 0 saturated carbocycles. The lowest BCUT2D eigenvalue weighted by atomic mass is 10.0. The Morgan fingerprint density at radius 1 is 1.32 bits per heavy atom.